The zero-order valence-electron chi connectivity index (χ0n) is 15.3. The Morgan fingerprint density at radius 3 is 2.00 bits per heavy atom. The topological polar surface area (TPSA) is 49.9 Å². The molecule has 140 valence electrons. The lowest BCUT2D eigenvalue weighted by Gasteiger charge is -2.44. The molecule has 2 fully saturated rings. The Balaban J connectivity index is 1.61. The van der Waals surface area contributed by atoms with E-state index in [4.69, 9.17) is 4.74 Å². The van der Waals surface area contributed by atoms with Crippen LogP contribution in [0.4, 0.5) is 4.79 Å². The van der Waals surface area contributed by atoms with Crippen LogP contribution in [0.5, 0.6) is 0 Å². The third-order valence-corrected chi connectivity index (χ3v) is 5.72. The van der Waals surface area contributed by atoms with Gasteiger partial charge in [0, 0.05) is 31.5 Å². The average molecular weight is 364 g/mol. The van der Waals surface area contributed by atoms with Crippen molar-refractivity contribution in [2.45, 2.75) is 18.3 Å². The van der Waals surface area contributed by atoms with Crippen molar-refractivity contribution in [2.75, 3.05) is 32.8 Å². The summed E-state index contributed by atoms with van der Waals surface area (Å²) in [6, 6.07) is 20.9. The molecule has 0 bridgehead atoms. The zero-order valence-corrected chi connectivity index (χ0v) is 15.3. The third-order valence-electron chi connectivity index (χ3n) is 5.72. The van der Waals surface area contributed by atoms with Gasteiger partial charge in [-0.25, -0.2) is 4.79 Å². The van der Waals surface area contributed by atoms with Gasteiger partial charge in [-0.05, 0) is 17.5 Å². The first-order valence-electron chi connectivity index (χ1n) is 9.50. The molecule has 2 aromatic carbocycles. The van der Waals surface area contributed by atoms with Gasteiger partial charge in [-0.1, -0.05) is 60.7 Å². The van der Waals surface area contributed by atoms with Gasteiger partial charge in [0.2, 0.25) is 5.91 Å². The van der Waals surface area contributed by atoms with Crippen molar-refractivity contribution in [3.63, 3.8) is 0 Å². The van der Waals surface area contributed by atoms with Crippen LogP contribution in [0, 0.1) is 0 Å². The summed E-state index contributed by atoms with van der Waals surface area (Å²) in [6.45, 7) is 2.72. The van der Waals surface area contributed by atoms with Crippen molar-refractivity contribution < 1.29 is 14.3 Å². The Kier molecular flexibility index (Phi) is 4.84. The fourth-order valence-electron chi connectivity index (χ4n) is 4.20. The van der Waals surface area contributed by atoms with E-state index < -0.39 is 0 Å². The highest BCUT2D eigenvalue weighted by Gasteiger charge is 2.41. The zero-order chi connectivity index (χ0) is 18.7. The van der Waals surface area contributed by atoms with Gasteiger partial charge < -0.3 is 14.5 Å². The van der Waals surface area contributed by atoms with Crippen molar-refractivity contribution in [1.82, 2.24) is 9.80 Å². The van der Waals surface area contributed by atoms with Crippen molar-refractivity contribution in [2.24, 2.45) is 0 Å². The second-order valence-electron chi connectivity index (χ2n) is 7.23. The molecule has 0 aliphatic carbocycles. The molecule has 2 heterocycles. The van der Waals surface area contributed by atoms with Gasteiger partial charge in [-0.3, -0.25) is 4.79 Å². The van der Waals surface area contributed by atoms with E-state index in [0.29, 0.717) is 39.2 Å². The number of amides is 2. The Hall–Kier alpha value is -2.82. The molecule has 2 aliphatic rings. The summed E-state index contributed by atoms with van der Waals surface area (Å²) in [4.78, 5) is 27.9. The van der Waals surface area contributed by atoms with E-state index in [9.17, 15) is 9.59 Å². The standard InChI is InChI=1S/C22H24N2O3/c25-20-11-12-22(18-7-3-1-4-8-18,19-9-5-2-6-10-19)17-24(20)14-13-23-15-16-27-21(23)26/h1-10H,11-17H2. The normalized spacial score (nSPS) is 19.3. The summed E-state index contributed by atoms with van der Waals surface area (Å²) in [5.74, 6) is 0.157. The maximum Gasteiger partial charge on any atom is 0.409 e. The van der Waals surface area contributed by atoms with E-state index in [2.05, 4.69) is 48.5 Å². The molecular weight excluding hydrogens is 340 g/mol. The highest BCUT2D eigenvalue weighted by atomic mass is 16.6. The van der Waals surface area contributed by atoms with Gasteiger partial charge in [0.15, 0.2) is 0 Å². The molecule has 0 aromatic heterocycles. The lowest BCUT2D eigenvalue weighted by atomic mass is 9.69. The van der Waals surface area contributed by atoms with E-state index in [-0.39, 0.29) is 17.4 Å². The molecule has 5 nitrogen and oxygen atoms in total. The molecule has 2 aromatic rings. The second kappa shape index (κ2) is 7.43. The van der Waals surface area contributed by atoms with Crippen LogP contribution < -0.4 is 0 Å². The number of nitrogens with zero attached hydrogens (tertiary/aromatic N) is 2. The number of hydrogen-bond acceptors (Lipinski definition) is 3. The lowest BCUT2D eigenvalue weighted by molar-refractivity contribution is -0.135. The van der Waals surface area contributed by atoms with Crippen molar-refractivity contribution in [3.05, 3.63) is 71.8 Å². The summed E-state index contributed by atoms with van der Waals surface area (Å²) >= 11 is 0. The molecule has 2 aliphatic heterocycles. The van der Waals surface area contributed by atoms with Crippen LogP contribution in [0.2, 0.25) is 0 Å². The summed E-state index contributed by atoms with van der Waals surface area (Å²) in [6.07, 6.45) is 1.02. The first kappa shape index (κ1) is 17.6. The van der Waals surface area contributed by atoms with Crippen LogP contribution in [0.25, 0.3) is 0 Å². The fourth-order valence-corrected chi connectivity index (χ4v) is 4.20. The summed E-state index contributed by atoms with van der Waals surface area (Å²) < 4.78 is 5.00. The average Bonchev–Trinajstić information content (AvgIpc) is 3.14. The number of piperidine rings is 1. The number of likely N-dealkylation sites (tertiary alicyclic amines) is 1. The van der Waals surface area contributed by atoms with Crippen molar-refractivity contribution in [1.29, 1.82) is 0 Å². The number of benzene rings is 2. The Morgan fingerprint density at radius 2 is 1.44 bits per heavy atom. The molecule has 5 heteroatoms. The van der Waals surface area contributed by atoms with Crippen LogP contribution in [-0.4, -0.2) is 54.6 Å². The molecule has 0 atom stereocenters. The molecule has 0 spiro atoms. The fraction of sp³-hybridized carbons (Fsp3) is 0.364. The van der Waals surface area contributed by atoms with E-state index in [1.54, 1.807) is 4.90 Å². The van der Waals surface area contributed by atoms with Crippen LogP contribution in [-0.2, 0) is 14.9 Å². The number of rotatable bonds is 5. The predicted octanol–water partition coefficient (Wildman–Crippen LogP) is 3.05. The minimum atomic E-state index is -0.281. The molecule has 0 saturated carbocycles. The molecule has 2 saturated heterocycles. The first-order chi connectivity index (χ1) is 13.2. The smallest absolute Gasteiger partial charge is 0.409 e. The monoisotopic (exact) mass is 364 g/mol. The summed E-state index contributed by atoms with van der Waals surface area (Å²) in [5, 5.41) is 0. The van der Waals surface area contributed by atoms with Gasteiger partial charge in [0.1, 0.15) is 6.61 Å². The largest absolute Gasteiger partial charge is 0.448 e. The third kappa shape index (κ3) is 3.42. The van der Waals surface area contributed by atoms with E-state index >= 15 is 0 Å². The highest BCUT2D eigenvalue weighted by Crippen LogP contribution is 2.40. The second-order valence-corrected chi connectivity index (χ2v) is 7.23. The number of carbonyl (C=O) groups is 2. The van der Waals surface area contributed by atoms with Gasteiger partial charge >= 0.3 is 6.09 Å². The van der Waals surface area contributed by atoms with E-state index in [1.807, 2.05) is 17.0 Å². The van der Waals surface area contributed by atoms with Crippen LogP contribution >= 0.6 is 0 Å². The quantitative estimate of drug-likeness (QED) is 0.819. The predicted molar refractivity (Wildman–Crippen MR) is 102 cm³/mol. The first-order valence-corrected chi connectivity index (χ1v) is 9.50. The van der Waals surface area contributed by atoms with Crippen LogP contribution in [0.1, 0.15) is 24.0 Å². The number of hydrogen-bond donors (Lipinski definition) is 0. The van der Waals surface area contributed by atoms with Crippen LogP contribution in [0.3, 0.4) is 0 Å². The molecule has 0 radical (unpaired) electrons. The maximum atomic E-state index is 12.6. The maximum absolute atomic E-state index is 12.6. The van der Waals surface area contributed by atoms with Crippen LogP contribution in [0.15, 0.2) is 60.7 Å². The lowest BCUT2D eigenvalue weighted by Crippen LogP contribution is -2.51. The minimum absolute atomic E-state index is 0.157. The number of carbonyl (C=O) groups excluding carboxylic acids is 2. The molecule has 4 rings (SSSR count). The van der Waals surface area contributed by atoms with Gasteiger partial charge in [-0.15, -0.1) is 0 Å². The molecule has 0 N–H and O–H groups in total. The van der Waals surface area contributed by atoms with Crippen molar-refractivity contribution >= 4 is 12.0 Å². The van der Waals surface area contributed by atoms with Gasteiger partial charge in [-0.2, -0.15) is 0 Å². The minimum Gasteiger partial charge on any atom is -0.448 e. The molecule has 0 unspecified atom stereocenters. The summed E-state index contributed by atoms with van der Waals surface area (Å²) in [7, 11) is 0. The molecule has 2 amide bonds. The Morgan fingerprint density at radius 1 is 0.852 bits per heavy atom. The molecular formula is C22H24N2O3. The van der Waals surface area contributed by atoms with E-state index in [0.717, 1.165) is 6.42 Å². The van der Waals surface area contributed by atoms with E-state index in [1.165, 1.54) is 11.1 Å². The number of ether oxygens (including phenoxy) is 1. The Bertz CT molecular complexity index is 767. The Labute approximate surface area is 159 Å². The summed E-state index contributed by atoms with van der Waals surface area (Å²) in [5.41, 5.74) is 2.24. The highest BCUT2D eigenvalue weighted by molar-refractivity contribution is 5.78. The SMILES string of the molecule is O=C1CCC(c2ccccc2)(c2ccccc2)CN1CCN1CCOC1=O. The van der Waals surface area contributed by atoms with Crippen molar-refractivity contribution in [3.8, 4) is 0 Å². The number of cyclic esters (lactones) is 1. The molecule has 27 heavy (non-hydrogen) atoms. The van der Waals surface area contributed by atoms with Gasteiger partial charge in [0.05, 0.1) is 6.54 Å². The van der Waals surface area contributed by atoms with Gasteiger partial charge in [0.25, 0.3) is 0 Å².